The Balaban J connectivity index is 1.99. The lowest BCUT2D eigenvalue weighted by Gasteiger charge is -2.16. The number of carbonyl (C=O) groups excluding carboxylic acids is 3. The number of ketones is 1. The van der Waals surface area contributed by atoms with Crippen LogP contribution >= 0.6 is 11.8 Å². The number of esters is 2. The number of rotatable bonds is 5. The normalized spacial score (nSPS) is 14.2. The van der Waals surface area contributed by atoms with Gasteiger partial charge in [0.2, 0.25) is 0 Å². The van der Waals surface area contributed by atoms with Gasteiger partial charge in [-0.25, -0.2) is 4.79 Å². The maximum Gasteiger partial charge on any atom is 0.381 e. The van der Waals surface area contributed by atoms with Crippen molar-refractivity contribution in [3.63, 3.8) is 0 Å². The largest absolute Gasteiger partial charge is 0.469 e. The van der Waals surface area contributed by atoms with Crippen LogP contribution in [0.5, 0.6) is 0 Å². The monoisotopic (exact) mass is 434 g/mol. The van der Waals surface area contributed by atoms with Crippen LogP contribution in [0.25, 0.3) is 0 Å². The molecule has 158 valence electrons. The molecule has 2 aromatic carbocycles. The molecule has 8 heteroatoms. The van der Waals surface area contributed by atoms with E-state index in [1.54, 1.807) is 25.1 Å². The van der Waals surface area contributed by atoms with E-state index in [9.17, 15) is 23.2 Å². The van der Waals surface area contributed by atoms with E-state index in [4.69, 9.17) is 4.74 Å². The number of hydrogen-bond donors (Lipinski definition) is 0. The van der Waals surface area contributed by atoms with Crippen molar-refractivity contribution in [1.29, 1.82) is 0 Å². The molecular weight excluding hydrogens is 414 g/mol. The van der Waals surface area contributed by atoms with Gasteiger partial charge in [-0.1, -0.05) is 30.0 Å². The van der Waals surface area contributed by atoms with E-state index < -0.39 is 29.3 Å². The Kier molecular flexibility index (Phi) is 6.26. The van der Waals surface area contributed by atoms with Crippen LogP contribution in [0.2, 0.25) is 0 Å². The highest BCUT2D eigenvalue weighted by molar-refractivity contribution is 7.99. The van der Waals surface area contributed by atoms with Crippen LogP contribution in [-0.2, 0) is 31.4 Å². The van der Waals surface area contributed by atoms with Gasteiger partial charge in [-0.15, -0.1) is 0 Å². The second kappa shape index (κ2) is 8.55. The smallest absolute Gasteiger partial charge is 0.381 e. The van der Waals surface area contributed by atoms with Gasteiger partial charge in [0, 0.05) is 27.3 Å². The second-order valence-electron chi connectivity index (χ2n) is 6.82. The number of hydrogen-bond acceptors (Lipinski definition) is 6. The Hall–Kier alpha value is -2.74. The number of halogens is 2. The minimum absolute atomic E-state index is 0.0741. The molecule has 5 nitrogen and oxygen atoms in total. The maximum absolute atomic E-state index is 14.4. The van der Waals surface area contributed by atoms with Crippen LogP contribution in [0.15, 0.2) is 46.2 Å². The molecule has 0 N–H and O–H groups in total. The predicted molar refractivity (Wildman–Crippen MR) is 106 cm³/mol. The first kappa shape index (κ1) is 22.0. The third-order valence-corrected chi connectivity index (χ3v) is 6.06. The number of ether oxygens (including phenoxy) is 2. The molecule has 1 heterocycles. The minimum atomic E-state index is -3.82. The molecule has 30 heavy (non-hydrogen) atoms. The summed E-state index contributed by atoms with van der Waals surface area (Å²) in [5.74, 6) is -6.57. The topological polar surface area (TPSA) is 69.7 Å². The molecule has 0 amide bonds. The Morgan fingerprint density at radius 1 is 1.17 bits per heavy atom. The van der Waals surface area contributed by atoms with Crippen molar-refractivity contribution in [2.24, 2.45) is 0 Å². The van der Waals surface area contributed by atoms with Crippen LogP contribution in [0.4, 0.5) is 8.78 Å². The first-order valence-electron chi connectivity index (χ1n) is 9.30. The molecule has 2 aromatic rings. The SMILES string of the molecule is CCOC(=O)C(F)(F)c1ccc2c(c1)Sc1ccc(C(C)C(=O)OC)cc1CC2=O. The lowest BCUT2D eigenvalue weighted by Crippen LogP contribution is -2.28. The van der Waals surface area contributed by atoms with Gasteiger partial charge in [-0.3, -0.25) is 9.59 Å². The second-order valence-corrected chi connectivity index (χ2v) is 7.90. The first-order chi connectivity index (χ1) is 14.2. The van der Waals surface area contributed by atoms with Gasteiger partial charge < -0.3 is 9.47 Å². The summed E-state index contributed by atoms with van der Waals surface area (Å²) in [7, 11) is 1.31. The van der Waals surface area contributed by atoms with Gasteiger partial charge >= 0.3 is 17.9 Å². The third-order valence-electron chi connectivity index (χ3n) is 4.89. The number of Topliss-reactive ketones (excluding diaryl/α,β-unsaturated/α-hetero) is 1. The van der Waals surface area contributed by atoms with Crippen LogP contribution in [0.1, 0.15) is 46.8 Å². The minimum Gasteiger partial charge on any atom is -0.469 e. The molecule has 1 aliphatic rings. The van der Waals surface area contributed by atoms with Gasteiger partial charge in [0.25, 0.3) is 0 Å². The Bertz CT molecular complexity index is 1020. The van der Waals surface area contributed by atoms with Crippen molar-refractivity contribution < 1.29 is 32.6 Å². The molecule has 1 aliphatic heterocycles. The quantitative estimate of drug-likeness (QED) is 0.645. The molecule has 0 fully saturated rings. The van der Waals surface area contributed by atoms with Crippen molar-refractivity contribution in [2.45, 2.75) is 41.9 Å². The molecule has 0 saturated carbocycles. The number of fused-ring (bicyclic) bond motifs is 2. The zero-order valence-corrected chi connectivity index (χ0v) is 17.5. The van der Waals surface area contributed by atoms with Crippen LogP contribution in [-0.4, -0.2) is 31.4 Å². The van der Waals surface area contributed by atoms with Crippen molar-refractivity contribution in [3.05, 3.63) is 58.7 Å². The zero-order valence-electron chi connectivity index (χ0n) is 16.7. The standard InChI is InChI=1S/C22H20F2O5S/c1-4-29-21(27)22(23,24)15-6-7-16-17(25)10-14-9-13(12(2)20(26)28-3)5-8-18(14)30-19(16)11-15/h5-9,11-12H,4,10H2,1-3H3. The summed E-state index contributed by atoms with van der Waals surface area (Å²) in [6, 6.07) is 8.83. The lowest BCUT2D eigenvalue weighted by atomic mass is 9.95. The van der Waals surface area contributed by atoms with Crippen molar-refractivity contribution in [2.75, 3.05) is 13.7 Å². The fraction of sp³-hybridized carbons (Fsp3) is 0.318. The number of carbonyl (C=O) groups is 3. The Morgan fingerprint density at radius 2 is 1.90 bits per heavy atom. The molecule has 3 rings (SSSR count). The molecule has 0 bridgehead atoms. The van der Waals surface area contributed by atoms with E-state index in [0.717, 1.165) is 17.0 Å². The van der Waals surface area contributed by atoms with E-state index in [1.165, 1.54) is 31.9 Å². The lowest BCUT2D eigenvalue weighted by molar-refractivity contribution is -0.173. The highest BCUT2D eigenvalue weighted by atomic mass is 32.2. The van der Waals surface area contributed by atoms with E-state index >= 15 is 0 Å². The van der Waals surface area contributed by atoms with E-state index in [1.807, 2.05) is 0 Å². The summed E-state index contributed by atoms with van der Waals surface area (Å²) < 4.78 is 38.1. The van der Waals surface area contributed by atoms with Crippen LogP contribution in [0.3, 0.4) is 0 Å². The fourth-order valence-corrected chi connectivity index (χ4v) is 4.29. The zero-order chi connectivity index (χ0) is 22.1. The van der Waals surface area contributed by atoms with Crippen molar-refractivity contribution >= 4 is 29.5 Å². The fourth-order valence-electron chi connectivity index (χ4n) is 3.18. The highest BCUT2D eigenvalue weighted by Crippen LogP contribution is 2.41. The summed E-state index contributed by atoms with van der Waals surface area (Å²) >= 11 is 1.17. The summed E-state index contributed by atoms with van der Waals surface area (Å²) in [5, 5.41) is 0. The van der Waals surface area contributed by atoms with E-state index in [0.29, 0.717) is 21.6 Å². The molecular formula is C22H20F2O5S. The van der Waals surface area contributed by atoms with Gasteiger partial charge in [0.05, 0.1) is 19.6 Å². The number of benzene rings is 2. The molecule has 0 spiro atoms. The maximum atomic E-state index is 14.4. The average Bonchev–Trinajstić information content (AvgIpc) is 2.87. The van der Waals surface area contributed by atoms with Crippen LogP contribution < -0.4 is 0 Å². The number of methoxy groups -OCH3 is 1. The summed E-state index contributed by atoms with van der Waals surface area (Å²) in [6.45, 7) is 3.00. The van der Waals surface area contributed by atoms with Gasteiger partial charge in [0.1, 0.15) is 0 Å². The number of alkyl halides is 2. The Morgan fingerprint density at radius 3 is 2.57 bits per heavy atom. The Labute approximate surface area is 176 Å². The first-order valence-corrected chi connectivity index (χ1v) is 10.1. The van der Waals surface area contributed by atoms with Crippen molar-refractivity contribution in [1.82, 2.24) is 0 Å². The van der Waals surface area contributed by atoms with Gasteiger partial charge in [0.15, 0.2) is 5.78 Å². The van der Waals surface area contributed by atoms with E-state index in [-0.39, 0.29) is 18.8 Å². The van der Waals surface area contributed by atoms with Gasteiger partial charge in [-0.2, -0.15) is 8.78 Å². The third kappa shape index (κ3) is 4.09. The molecule has 0 aromatic heterocycles. The van der Waals surface area contributed by atoms with E-state index in [2.05, 4.69) is 4.74 Å². The van der Waals surface area contributed by atoms with Crippen LogP contribution in [0, 0.1) is 0 Å². The van der Waals surface area contributed by atoms with Crippen molar-refractivity contribution in [3.8, 4) is 0 Å². The summed E-state index contributed by atoms with van der Waals surface area (Å²) in [6.07, 6.45) is 0.0741. The summed E-state index contributed by atoms with van der Waals surface area (Å²) in [4.78, 5) is 37.3. The molecule has 1 atom stereocenters. The average molecular weight is 434 g/mol. The molecule has 0 radical (unpaired) electrons. The molecule has 1 unspecified atom stereocenters. The van der Waals surface area contributed by atoms with Gasteiger partial charge in [-0.05, 0) is 43.2 Å². The molecule has 0 aliphatic carbocycles. The predicted octanol–water partition coefficient (Wildman–Crippen LogP) is 4.51. The summed E-state index contributed by atoms with van der Waals surface area (Å²) in [5.41, 5.74) is 1.18. The molecule has 0 saturated heterocycles. The highest BCUT2D eigenvalue weighted by Gasteiger charge is 2.43.